The molecule has 1 aliphatic heterocycles. The van der Waals surface area contributed by atoms with E-state index in [2.05, 4.69) is 19.9 Å². The van der Waals surface area contributed by atoms with E-state index in [0.717, 1.165) is 23.2 Å². The largest absolute Gasteiger partial charge is 0.369 e. The van der Waals surface area contributed by atoms with Crippen LogP contribution in [-0.2, 0) is 10.3 Å². The lowest BCUT2D eigenvalue weighted by molar-refractivity contribution is -0.129. The zero-order chi connectivity index (χ0) is 23.2. The predicted octanol–water partition coefficient (Wildman–Crippen LogP) is 3.09. The summed E-state index contributed by atoms with van der Waals surface area (Å²) in [5.74, 6) is -2.64. The first-order valence-electron chi connectivity index (χ1n) is 9.31. The molecule has 11 heteroatoms. The van der Waals surface area contributed by atoms with Crippen LogP contribution in [-0.4, -0.2) is 38.8 Å². The van der Waals surface area contributed by atoms with E-state index >= 15 is 4.39 Å². The Hall–Kier alpha value is -3.89. The van der Waals surface area contributed by atoms with Crippen LogP contribution in [0.2, 0.25) is 0 Å². The van der Waals surface area contributed by atoms with E-state index in [1.165, 1.54) is 25.5 Å². The van der Waals surface area contributed by atoms with E-state index in [1.54, 1.807) is 6.92 Å². The van der Waals surface area contributed by atoms with E-state index < -0.39 is 35.2 Å². The fourth-order valence-electron chi connectivity index (χ4n) is 3.53. The second kappa shape index (κ2) is 7.66. The predicted molar refractivity (Wildman–Crippen MR) is 106 cm³/mol. The molecule has 0 fully saturated rings. The van der Waals surface area contributed by atoms with Crippen molar-refractivity contribution in [1.29, 1.82) is 0 Å². The summed E-state index contributed by atoms with van der Waals surface area (Å²) in [6.45, 7) is 1.64. The number of aromatic nitrogens is 3. The van der Waals surface area contributed by atoms with Crippen LogP contribution in [0, 0.1) is 18.6 Å². The minimum absolute atomic E-state index is 0.0864. The highest BCUT2D eigenvalue weighted by atomic mass is 19.3. The molecule has 0 radical (unpaired) electrons. The lowest BCUT2D eigenvalue weighted by atomic mass is 9.81. The van der Waals surface area contributed by atoms with Crippen LogP contribution in [0.3, 0.4) is 0 Å². The lowest BCUT2D eigenvalue weighted by Crippen LogP contribution is -2.41. The third-order valence-electron chi connectivity index (χ3n) is 5.20. The first kappa shape index (κ1) is 21.3. The molecule has 0 aliphatic carbocycles. The van der Waals surface area contributed by atoms with Crippen LogP contribution in [0.1, 0.15) is 29.1 Å². The van der Waals surface area contributed by atoms with Crippen molar-refractivity contribution in [2.45, 2.75) is 18.9 Å². The van der Waals surface area contributed by atoms with Gasteiger partial charge in [-0.1, -0.05) is 0 Å². The fraction of sp³-hybridized carbons (Fsp3) is 0.190. The molecule has 2 aromatic heterocycles. The summed E-state index contributed by atoms with van der Waals surface area (Å²) in [6, 6.07) is 3.90. The number of guanidine groups is 1. The number of hydrogen-bond acceptors (Lipinski definition) is 6. The van der Waals surface area contributed by atoms with Gasteiger partial charge in [0.25, 0.3) is 12.3 Å². The number of alkyl halides is 2. The molecule has 0 saturated carbocycles. The second-order valence-electron chi connectivity index (χ2n) is 7.15. The number of carbonyl (C=O) groups is 1. The molecule has 0 spiro atoms. The van der Waals surface area contributed by atoms with Gasteiger partial charge in [-0.2, -0.15) is 0 Å². The molecule has 32 heavy (non-hydrogen) atoms. The van der Waals surface area contributed by atoms with Gasteiger partial charge in [0.2, 0.25) is 0 Å². The molecule has 7 nitrogen and oxygen atoms in total. The molecule has 4 rings (SSSR count). The monoisotopic (exact) mass is 444 g/mol. The first-order valence-corrected chi connectivity index (χ1v) is 9.31. The highest BCUT2D eigenvalue weighted by Gasteiger charge is 2.51. The lowest BCUT2D eigenvalue weighted by Gasteiger charge is -2.27. The van der Waals surface area contributed by atoms with Gasteiger partial charge in [-0.25, -0.2) is 32.5 Å². The average molecular weight is 444 g/mol. The number of amides is 1. The van der Waals surface area contributed by atoms with Crippen molar-refractivity contribution in [1.82, 2.24) is 19.9 Å². The summed E-state index contributed by atoms with van der Waals surface area (Å²) in [5.41, 5.74) is 2.74. The molecule has 1 unspecified atom stereocenters. The van der Waals surface area contributed by atoms with E-state index in [1.807, 2.05) is 0 Å². The molecular weight excluding hydrogens is 428 g/mol. The van der Waals surface area contributed by atoms with Crippen LogP contribution >= 0.6 is 0 Å². The molecular formula is C21H16F4N6O. The van der Waals surface area contributed by atoms with Crippen LogP contribution in [0.15, 0.2) is 47.8 Å². The Morgan fingerprint density at radius 1 is 1.06 bits per heavy atom. The Kier molecular flexibility index (Phi) is 5.11. The Balaban J connectivity index is 2.02. The van der Waals surface area contributed by atoms with E-state index in [4.69, 9.17) is 5.73 Å². The SMILES string of the molecule is Cc1ncc(-c2cc(C3(c4ccnc(C(F)F)c4)N=C(N)N(C)C3=O)c(F)cc2F)cn1. The summed E-state index contributed by atoms with van der Waals surface area (Å²) in [5, 5.41) is 0. The number of nitrogens with zero attached hydrogens (tertiary/aromatic N) is 5. The molecule has 3 aromatic rings. The van der Waals surface area contributed by atoms with Gasteiger partial charge in [-0.05, 0) is 30.7 Å². The number of aliphatic imine (C=N–C) groups is 1. The fourth-order valence-corrected chi connectivity index (χ4v) is 3.53. The van der Waals surface area contributed by atoms with Gasteiger partial charge in [-0.15, -0.1) is 0 Å². The van der Waals surface area contributed by atoms with Gasteiger partial charge in [0.05, 0.1) is 0 Å². The first-order chi connectivity index (χ1) is 15.1. The van der Waals surface area contributed by atoms with Crippen molar-refractivity contribution < 1.29 is 22.4 Å². The smallest absolute Gasteiger partial charge is 0.280 e. The molecule has 1 aromatic carbocycles. The van der Waals surface area contributed by atoms with Crippen LogP contribution in [0.4, 0.5) is 17.6 Å². The maximum atomic E-state index is 15.2. The number of hydrogen-bond donors (Lipinski definition) is 1. The van der Waals surface area contributed by atoms with E-state index in [-0.39, 0.29) is 28.2 Å². The van der Waals surface area contributed by atoms with Crippen LogP contribution in [0.25, 0.3) is 11.1 Å². The maximum Gasteiger partial charge on any atom is 0.280 e. The number of nitrogens with two attached hydrogens (primary N) is 1. The molecule has 1 aliphatic rings. The number of aryl methyl sites for hydroxylation is 1. The standard InChI is InChI=1S/C21H16F4N6O/c1-10-28-8-11(9-29-10)13-6-14(16(23)7-15(13)22)21(19(32)31(2)20(26)30-21)12-3-4-27-17(5-12)18(24)25/h3-9,18H,1-2H3,(H2,26,30). The third-order valence-corrected chi connectivity index (χ3v) is 5.20. The molecule has 2 N–H and O–H groups in total. The maximum absolute atomic E-state index is 15.2. The highest BCUT2D eigenvalue weighted by Crippen LogP contribution is 2.42. The zero-order valence-electron chi connectivity index (χ0n) is 16.9. The second-order valence-corrected chi connectivity index (χ2v) is 7.15. The number of benzene rings is 1. The molecule has 0 saturated heterocycles. The summed E-state index contributed by atoms with van der Waals surface area (Å²) >= 11 is 0. The number of halogens is 4. The third kappa shape index (κ3) is 3.26. The Labute approximate surface area is 179 Å². The Morgan fingerprint density at radius 2 is 1.75 bits per heavy atom. The van der Waals surface area contributed by atoms with Crippen LogP contribution < -0.4 is 5.73 Å². The van der Waals surface area contributed by atoms with Crippen molar-refractivity contribution in [3.8, 4) is 11.1 Å². The molecule has 1 amide bonds. The topological polar surface area (TPSA) is 97.4 Å². The average Bonchev–Trinajstić information content (AvgIpc) is 2.99. The molecule has 0 bridgehead atoms. The summed E-state index contributed by atoms with van der Waals surface area (Å²) in [7, 11) is 1.31. The van der Waals surface area contributed by atoms with Gasteiger partial charge in [-0.3, -0.25) is 14.7 Å². The van der Waals surface area contributed by atoms with Crippen molar-refractivity contribution in [3.63, 3.8) is 0 Å². The number of rotatable bonds is 4. The highest BCUT2D eigenvalue weighted by molar-refractivity contribution is 6.09. The van der Waals surface area contributed by atoms with Gasteiger partial charge in [0.1, 0.15) is 23.2 Å². The van der Waals surface area contributed by atoms with E-state index in [9.17, 15) is 18.0 Å². The quantitative estimate of drug-likeness (QED) is 0.624. The number of carbonyl (C=O) groups excluding carboxylic acids is 1. The van der Waals surface area contributed by atoms with Crippen LogP contribution in [0.5, 0.6) is 0 Å². The van der Waals surface area contributed by atoms with Gasteiger partial charge in [0, 0.05) is 48.4 Å². The van der Waals surface area contributed by atoms with Crippen molar-refractivity contribution >= 4 is 11.9 Å². The minimum Gasteiger partial charge on any atom is -0.369 e. The molecule has 164 valence electrons. The number of likely N-dealkylation sites (N-methyl/N-ethyl adjacent to an activating group) is 1. The number of pyridine rings is 1. The zero-order valence-corrected chi connectivity index (χ0v) is 16.9. The summed E-state index contributed by atoms with van der Waals surface area (Å²) in [4.78, 5) is 30.0. The summed E-state index contributed by atoms with van der Waals surface area (Å²) in [6.07, 6.45) is 0.806. The minimum atomic E-state index is -2.94. The van der Waals surface area contributed by atoms with Gasteiger partial charge in [0.15, 0.2) is 11.5 Å². The normalized spacial score (nSPS) is 18.4. The Bertz CT molecular complexity index is 1250. The van der Waals surface area contributed by atoms with Gasteiger partial charge >= 0.3 is 0 Å². The molecule has 1 atom stereocenters. The van der Waals surface area contributed by atoms with Crippen molar-refractivity contribution in [2.75, 3.05) is 7.05 Å². The Morgan fingerprint density at radius 3 is 2.34 bits per heavy atom. The summed E-state index contributed by atoms with van der Waals surface area (Å²) < 4.78 is 56.5. The molecule has 3 heterocycles. The van der Waals surface area contributed by atoms with Crippen molar-refractivity contribution in [2.24, 2.45) is 10.7 Å². The van der Waals surface area contributed by atoms with Crippen molar-refractivity contribution in [3.05, 3.63) is 77.1 Å². The van der Waals surface area contributed by atoms with Gasteiger partial charge < -0.3 is 5.73 Å². The van der Waals surface area contributed by atoms with E-state index in [0.29, 0.717) is 11.9 Å².